The molecule has 166 valence electrons. The molecule has 3 rings (SSSR count). The smallest absolute Gasteiger partial charge is 0.227 e. The first-order valence-corrected chi connectivity index (χ1v) is 10.7. The topological polar surface area (TPSA) is 62.3 Å². The van der Waals surface area contributed by atoms with E-state index in [1.165, 1.54) is 12.1 Å². The third-order valence-electron chi connectivity index (χ3n) is 4.97. The van der Waals surface area contributed by atoms with Gasteiger partial charge in [0.2, 0.25) is 11.8 Å². The number of aromatic nitrogens is 1. The molecule has 3 aromatic rings. The van der Waals surface area contributed by atoms with Gasteiger partial charge < -0.3 is 10.2 Å². The zero-order valence-electron chi connectivity index (χ0n) is 18.4. The normalized spacial score (nSPS) is 10.8. The van der Waals surface area contributed by atoms with E-state index < -0.39 is 0 Å². The third kappa shape index (κ3) is 7.01. The molecule has 0 atom stereocenters. The Bertz CT molecular complexity index is 1040. The monoisotopic (exact) mass is 433 g/mol. The lowest BCUT2D eigenvalue weighted by molar-refractivity contribution is -0.121. The van der Waals surface area contributed by atoms with Crippen molar-refractivity contribution in [2.24, 2.45) is 5.92 Å². The number of pyridine rings is 1. The SMILES string of the molecule is CC(C)CC(=O)N(Cc1cccc(F)c1)c1ccc(CC(=O)NCc2ccncc2)cc1. The van der Waals surface area contributed by atoms with Crippen LogP contribution in [0.2, 0.25) is 0 Å². The van der Waals surface area contributed by atoms with Gasteiger partial charge in [-0.2, -0.15) is 0 Å². The zero-order chi connectivity index (χ0) is 22.9. The lowest BCUT2D eigenvalue weighted by Gasteiger charge is -2.24. The summed E-state index contributed by atoms with van der Waals surface area (Å²) in [5.74, 6) is -0.220. The van der Waals surface area contributed by atoms with Crippen LogP contribution in [0, 0.1) is 11.7 Å². The highest BCUT2D eigenvalue weighted by Gasteiger charge is 2.18. The molecular weight excluding hydrogens is 405 g/mol. The lowest BCUT2D eigenvalue weighted by Crippen LogP contribution is -2.31. The predicted octanol–water partition coefficient (Wildman–Crippen LogP) is 4.66. The van der Waals surface area contributed by atoms with Crippen molar-refractivity contribution in [2.45, 2.75) is 39.8 Å². The number of amides is 2. The van der Waals surface area contributed by atoms with E-state index in [1.54, 1.807) is 29.4 Å². The van der Waals surface area contributed by atoms with Crippen molar-refractivity contribution in [3.63, 3.8) is 0 Å². The Balaban J connectivity index is 1.67. The maximum absolute atomic E-state index is 13.6. The number of rotatable bonds is 9. The van der Waals surface area contributed by atoms with Gasteiger partial charge in [-0.05, 0) is 59.0 Å². The maximum atomic E-state index is 13.6. The Morgan fingerprint density at radius 3 is 2.34 bits per heavy atom. The average Bonchev–Trinajstić information content (AvgIpc) is 2.77. The summed E-state index contributed by atoms with van der Waals surface area (Å²) in [5.41, 5.74) is 3.28. The van der Waals surface area contributed by atoms with Gasteiger partial charge in [-0.15, -0.1) is 0 Å². The first-order chi connectivity index (χ1) is 15.4. The van der Waals surface area contributed by atoms with Gasteiger partial charge in [0.05, 0.1) is 13.0 Å². The van der Waals surface area contributed by atoms with E-state index in [0.717, 1.165) is 22.4 Å². The average molecular weight is 434 g/mol. The molecule has 32 heavy (non-hydrogen) atoms. The molecule has 0 fully saturated rings. The summed E-state index contributed by atoms with van der Waals surface area (Å²) in [7, 11) is 0. The number of hydrogen-bond donors (Lipinski definition) is 1. The summed E-state index contributed by atoms with van der Waals surface area (Å²) in [6.07, 6.45) is 4.02. The molecule has 5 nitrogen and oxygen atoms in total. The molecule has 0 bridgehead atoms. The summed E-state index contributed by atoms with van der Waals surface area (Å²) in [4.78, 5) is 30.8. The van der Waals surface area contributed by atoms with Gasteiger partial charge in [0.15, 0.2) is 0 Å². The van der Waals surface area contributed by atoms with Crippen molar-refractivity contribution in [3.8, 4) is 0 Å². The molecule has 1 aromatic heterocycles. The van der Waals surface area contributed by atoms with Crippen molar-refractivity contribution >= 4 is 17.5 Å². The number of anilines is 1. The minimum atomic E-state index is -0.327. The maximum Gasteiger partial charge on any atom is 0.227 e. The summed E-state index contributed by atoms with van der Waals surface area (Å²) in [5, 5.41) is 2.90. The van der Waals surface area contributed by atoms with Crippen LogP contribution in [0.3, 0.4) is 0 Å². The molecule has 1 N–H and O–H groups in total. The molecule has 0 saturated carbocycles. The van der Waals surface area contributed by atoms with Crippen molar-refractivity contribution in [1.29, 1.82) is 0 Å². The van der Waals surface area contributed by atoms with Crippen LogP contribution in [0.4, 0.5) is 10.1 Å². The second-order valence-corrected chi connectivity index (χ2v) is 8.18. The molecule has 0 radical (unpaired) electrons. The van der Waals surface area contributed by atoms with Crippen LogP contribution in [0.15, 0.2) is 73.1 Å². The number of benzene rings is 2. The molecule has 2 amide bonds. The number of nitrogens with one attached hydrogen (secondary N) is 1. The minimum Gasteiger partial charge on any atom is -0.352 e. The van der Waals surface area contributed by atoms with Crippen LogP contribution in [-0.4, -0.2) is 16.8 Å². The first-order valence-electron chi connectivity index (χ1n) is 10.7. The van der Waals surface area contributed by atoms with Gasteiger partial charge in [-0.25, -0.2) is 4.39 Å². The minimum absolute atomic E-state index is 0.0212. The van der Waals surface area contributed by atoms with Gasteiger partial charge in [0, 0.05) is 31.0 Å². The number of carbonyl (C=O) groups is 2. The second kappa shape index (κ2) is 11.2. The highest BCUT2D eigenvalue weighted by Crippen LogP contribution is 2.21. The number of hydrogen-bond acceptors (Lipinski definition) is 3. The predicted molar refractivity (Wildman–Crippen MR) is 123 cm³/mol. The van der Waals surface area contributed by atoms with Crippen LogP contribution in [-0.2, 0) is 29.1 Å². The largest absolute Gasteiger partial charge is 0.352 e. The highest BCUT2D eigenvalue weighted by molar-refractivity contribution is 5.93. The fourth-order valence-electron chi connectivity index (χ4n) is 3.34. The summed E-state index contributed by atoms with van der Waals surface area (Å²) < 4.78 is 13.6. The van der Waals surface area contributed by atoms with E-state index in [4.69, 9.17) is 0 Å². The molecule has 2 aromatic carbocycles. The molecular formula is C26H28FN3O2. The lowest BCUT2D eigenvalue weighted by atomic mass is 10.1. The molecule has 0 aliphatic rings. The van der Waals surface area contributed by atoms with E-state index in [1.807, 2.05) is 50.2 Å². The van der Waals surface area contributed by atoms with Gasteiger partial charge in [-0.1, -0.05) is 38.1 Å². The van der Waals surface area contributed by atoms with E-state index in [9.17, 15) is 14.0 Å². The van der Waals surface area contributed by atoms with Crippen LogP contribution >= 0.6 is 0 Å². The van der Waals surface area contributed by atoms with Crippen molar-refractivity contribution < 1.29 is 14.0 Å². The summed E-state index contributed by atoms with van der Waals surface area (Å²) in [6.45, 7) is 4.72. The number of carbonyl (C=O) groups excluding carboxylic acids is 2. The Hall–Kier alpha value is -3.54. The van der Waals surface area contributed by atoms with Crippen molar-refractivity contribution in [3.05, 3.63) is 95.6 Å². The summed E-state index contributed by atoms with van der Waals surface area (Å²) >= 11 is 0. The van der Waals surface area contributed by atoms with Gasteiger partial charge in [-0.3, -0.25) is 14.6 Å². The fraction of sp³-hybridized carbons (Fsp3) is 0.269. The van der Waals surface area contributed by atoms with Crippen LogP contribution in [0.1, 0.15) is 37.0 Å². The van der Waals surface area contributed by atoms with Crippen LogP contribution < -0.4 is 10.2 Å². The Morgan fingerprint density at radius 1 is 0.969 bits per heavy atom. The first kappa shape index (κ1) is 23.1. The van der Waals surface area contributed by atoms with Gasteiger partial charge in [0.1, 0.15) is 5.82 Å². The molecule has 6 heteroatoms. The Labute approximate surface area is 188 Å². The van der Waals surface area contributed by atoms with Crippen LogP contribution in [0.5, 0.6) is 0 Å². The van der Waals surface area contributed by atoms with E-state index in [-0.39, 0.29) is 36.5 Å². The molecule has 0 saturated heterocycles. The fourth-order valence-corrected chi connectivity index (χ4v) is 3.34. The van der Waals surface area contributed by atoms with E-state index >= 15 is 0 Å². The quantitative estimate of drug-likeness (QED) is 0.534. The second-order valence-electron chi connectivity index (χ2n) is 8.18. The molecule has 0 unspecified atom stereocenters. The molecule has 0 aliphatic heterocycles. The Kier molecular flexibility index (Phi) is 8.08. The molecule has 0 spiro atoms. The molecule has 0 aliphatic carbocycles. The zero-order valence-corrected chi connectivity index (χ0v) is 18.4. The summed E-state index contributed by atoms with van der Waals surface area (Å²) in [6, 6.07) is 17.4. The van der Waals surface area contributed by atoms with E-state index in [0.29, 0.717) is 13.0 Å². The van der Waals surface area contributed by atoms with Gasteiger partial charge >= 0.3 is 0 Å². The number of nitrogens with zero attached hydrogens (tertiary/aromatic N) is 2. The van der Waals surface area contributed by atoms with E-state index in [2.05, 4.69) is 10.3 Å². The highest BCUT2D eigenvalue weighted by atomic mass is 19.1. The molecule has 1 heterocycles. The van der Waals surface area contributed by atoms with Crippen molar-refractivity contribution in [2.75, 3.05) is 4.90 Å². The van der Waals surface area contributed by atoms with Crippen molar-refractivity contribution in [1.82, 2.24) is 10.3 Å². The standard InChI is InChI=1S/C26H28FN3O2/c1-19(2)14-26(32)30(18-22-4-3-5-23(27)15-22)24-8-6-20(7-9-24)16-25(31)29-17-21-10-12-28-13-11-21/h3-13,15,19H,14,16-18H2,1-2H3,(H,29,31). The third-order valence-corrected chi connectivity index (χ3v) is 4.97. The Morgan fingerprint density at radius 2 is 1.69 bits per heavy atom. The number of halogens is 1. The van der Waals surface area contributed by atoms with Crippen LogP contribution in [0.25, 0.3) is 0 Å². The van der Waals surface area contributed by atoms with Gasteiger partial charge in [0.25, 0.3) is 0 Å².